The van der Waals surface area contributed by atoms with Crippen molar-refractivity contribution >= 4 is 17.3 Å². The Morgan fingerprint density at radius 2 is 1.56 bits per heavy atom. The molecule has 0 aromatic heterocycles. The molecule has 4 rings (SSSR count). The fourth-order valence-electron chi connectivity index (χ4n) is 8.50. The van der Waals surface area contributed by atoms with E-state index in [1.54, 1.807) is 0 Å². The molecule has 2 saturated carbocycles. The van der Waals surface area contributed by atoms with Crippen molar-refractivity contribution in [3.05, 3.63) is 11.1 Å². The number of ether oxygens (including phenoxy) is 1. The second kappa shape index (κ2) is 8.39. The highest BCUT2D eigenvalue weighted by molar-refractivity contribution is 5.98. The Kier molecular flexibility index (Phi) is 6.36. The van der Waals surface area contributed by atoms with Gasteiger partial charge in [-0.2, -0.15) is 0 Å². The van der Waals surface area contributed by atoms with E-state index in [1.165, 1.54) is 5.57 Å². The van der Waals surface area contributed by atoms with Gasteiger partial charge in [-0.05, 0) is 93.5 Å². The number of carbonyl (C=O) groups is 3. The molecule has 3 fully saturated rings. The molecule has 0 aromatic rings. The van der Waals surface area contributed by atoms with Crippen LogP contribution in [0.2, 0.25) is 0 Å². The SMILES string of the molecule is CC1=C(CC[C@@H]2[C@H](C)CC[C@@H]3OC(C)(C)C(=O)CC[C@]32C)[C@@]2(C)CCC(=O)C(C)(C)[C@@H]2CC1=O. The average molecular weight is 471 g/mol. The van der Waals surface area contributed by atoms with Crippen LogP contribution in [0.5, 0.6) is 0 Å². The van der Waals surface area contributed by atoms with Gasteiger partial charge in [0.15, 0.2) is 11.6 Å². The van der Waals surface area contributed by atoms with E-state index >= 15 is 0 Å². The fraction of sp³-hybridized carbons (Fsp3) is 0.833. The van der Waals surface area contributed by atoms with E-state index in [1.807, 2.05) is 20.8 Å². The first-order valence-corrected chi connectivity index (χ1v) is 13.6. The second-order valence-electron chi connectivity index (χ2n) is 13.6. The van der Waals surface area contributed by atoms with E-state index in [2.05, 4.69) is 34.6 Å². The number of allylic oxidation sites excluding steroid dienone is 2. The van der Waals surface area contributed by atoms with Crippen molar-refractivity contribution in [2.75, 3.05) is 0 Å². The van der Waals surface area contributed by atoms with Gasteiger partial charge in [0.25, 0.3) is 0 Å². The lowest BCUT2D eigenvalue weighted by molar-refractivity contribution is -0.166. The zero-order valence-corrected chi connectivity index (χ0v) is 22.8. The zero-order chi connectivity index (χ0) is 25.3. The molecule has 1 heterocycles. The van der Waals surface area contributed by atoms with Gasteiger partial charge in [-0.3, -0.25) is 14.4 Å². The van der Waals surface area contributed by atoms with Gasteiger partial charge in [0.2, 0.25) is 0 Å². The topological polar surface area (TPSA) is 60.4 Å². The van der Waals surface area contributed by atoms with Crippen LogP contribution in [0.15, 0.2) is 11.1 Å². The van der Waals surface area contributed by atoms with Crippen LogP contribution in [-0.2, 0) is 19.1 Å². The van der Waals surface area contributed by atoms with Crippen LogP contribution in [0, 0.1) is 34.0 Å². The summed E-state index contributed by atoms with van der Waals surface area (Å²) in [5, 5.41) is 0. The highest BCUT2D eigenvalue weighted by Gasteiger charge is 2.56. The summed E-state index contributed by atoms with van der Waals surface area (Å²) in [5.74, 6) is 1.85. The van der Waals surface area contributed by atoms with Crippen molar-refractivity contribution < 1.29 is 19.1 Å². The van der Waals surface area contributed by atoms with Crippen molar-refractivity contribution in [2.24, 2.45) is 34.0 Å². The van der Waals surface area contributed by atoms with Crippen LogP contribution in [0.25, 0.3) is 0 Å². The van der Waals surface area contributed by atoms with Crippen LogP contribution in [0.4, 0.5) is 0 Å². The molecule has 0 aromatic carbocycles. The lowest BCUT2D eigenvalue weighted by atomic mass is 9.49. The van der Waals surface area contributed by atoms with Gasteiger partial charge in [0.1, 0.15) is 11.4 Å². The monoisotopic (exact) mass is 470 g/mol. The van der Waals surface area contributed by atoms with E-state index < -0.39 is 11.0 Å². The van der Waals surface area contributed by atoms with Crippen LogP contribution >= 0.6 is 0 Å². The molecule has 4 heteroatoms. The predicted molar refractivity (Wildman–Crippen MR) is 134 cm³/mol. The number of hydrogen-bond acceptors (Lipinski definition) is 4. The Labute approximate surface area is 206 Å². The quantitative estimate of drug-likeness (QED) is 0.463. The largest absolute Gasteiger partial charge is 0.364 e. The molecule has 0 bridgehead atoms. The summed E-state index contributed by atoms with van der Waals surface area (Å²) in [4.78, 5) is 38.7. The maximum atomic E-state index is 13.1. The van der Waals surface area contributed by atoms with Gasteiger partial charge in [-0.15, -0.1) is 0 Å². The van der Waals surface area contributed by atoms with Crippen LogP contribution in [0.1, 0.15) is 113 Å². The van der Waals surface area contributed by atoms with E-state index in [9.17, 15) is 14.4 Å². The van der Waals surface area contributed by atoms with Crippen molar-refractivity contribution in [3.63, 3.8) is 0 Å². The third kappa shape index (κ3) is 3.87. The maximum absolute atomic E-state index is 13.1. The minimum absolute atomic E-state index is 0.0314. The summed E-state index contributed by atoms with van der Waals surface area (Å²) in [5.41, 5.74) is 0.969. The lowest BCUT2D eigenvalue weighted by Crippen LogP contribution is -2.52. The average Bonchev–Trinajstić information content (AvgIpc) is 2.84. The molecule has 0 amide bonds. The lowest BCUT2D eigenvalue weighted by Gasteiger charge is -2.54. The summed E-state index contributed by atoms with van der Waals surface area (Å²) in [6, 6.07) is 0. The first-order chi connectivity index (χ1) is 15.6. The van der Waals surface area contributed by atoms with Crippen molar-refractivity contribution in [1.29, 1.82) is 0 Å². The smallest absolute Gasteiger partial charge is 0.164 e. The Balaban J connectivity index is 1.63. The number of hydrogen-bond donors (Lipinski definition) is 0. The summed E-state index contributed by atoms with van der Waals surface area (Å²) in [6.07, 6.45) is 7.58. The Morgan fingerprint density at radius 3 is 2.24 bits per heavy atom. The Hall–Kier alpha value is -1.29. The van der Waals surface area contributed by atoms with E-state index in [-0.39, 0.29) is 34.4 Å². The highest BCUT2D eigenvalue weighted by Crippen LogP contribution is 2.60. The second-order valence-corrected chi connectivity index (χ2v) is 13.6. The Morgan fingerprint density at radius 1 is 0.912 bits per heavy atom. The zero-order valence-electron chi connectivity index (χ0n) is 22.8. The number of ketones is 3. The molecule has 0 spiro atoms. The van der Waals surface area contributed by atoms with Crippen LogP contribution < -0.4 is 0 Å². The van der Waals surface area contributed by atoms with E-state index in [0.29, 0.717) is 36.9 Å². The molecule has 4 nitrogen and oxygen atoms in total. The number of rotatable bonds is 3. The number of Topliss-reactive ketones (excluding diaryl/α,β-unsaturated/α-hetero) is 3. The standard InChI is InChI=1S/C30H46O4/c1-18-9-12-26-30(8,16-14-25(33)28(5,6)34-26)20(18)10-11-21-19(2)22(31)17-23-27(3,4)24(32)13-15-29(21,23)7/h18,20,23,26H,9-17H2,1-8H3/t18-,20-,23+,26+,29-,30+/m1/s1. The van der Waals surface area contributed by atoms with E-state index in [4.69, 9.17) is 4.74 Å². The molecule has 4 aliphatic rings. The van der Waals surface area contributed by atoms with Gasteiger partial charge >= 0.3 is 0 Å². The van der Waals surface area contributed by atoms with Crippen molar-refractivity contribution in [3.8, 4) is 0 Å². The van der Waals surface area contributed by atoms with Crippen LogP contribution in [0.3, 0.4) is 0 Å². The summed E-state index contributed by atoms with van der Waals surface area (Å²) in [6.45, 7) is 17.0. The van der Waals surface area contributed by atoms with Gasteiger partial charge in [-0.25, -0.2) is 0 Å². The van der Waals surface area contributed by atoms with Gasteiger partial charge in [-0.1, -0.05) is 40.2 Å². The maximum Gasteiger partial charge on any atom is 0.164 e. The molecule has 1 saturated heterocycles. The first kappa shape index (κ1) is 25.8. The van der Waals surface area contributed by atoms with Crippen molar-refractivity contribution in [1.82, 2.24) is 0 Å². The summed E-state index contributed by atoms with van der Waals surface area (Å²) in [7, 11) is 0. The summed E-state index contributed by atoms with van der Waals surface area (Å²) < 4.78 is 6.52. The molecule has 0 unspecified atom stereocenters. The molecule has 3 aliphatic carbocycles. The normalized spacial score (nSPS) is 42.2. The molecule has 6 atom stereocenters. The number of carbonyl (C=O) groups excluding carboxylic acids is 3. The molecule has 190 valence electrons. The third-order valence-electron chi connectivity index (χ3n) is 11.0. The molecule has 0 radical (unpaired) electrons. The van der Waals surface area contributed by atoms with Crippen LogP contribution in [-0.4, -0.2) is 29.1 Å². The molecule has 1 aliphatic heterocycles. The first-order valence-electron chi connectivity index (χ1n) is 13.6. The fourth-order valence-corrected chi connectivity index (χ4v) is 8.50. The van der Waals surface area contributed by atoms with Gasteiger partial charge < -0.3 is 4.74 Å². The minimum atomic E-state index is -0.705. The van der Waals surface area contributed by atoms with E-state index in [0.717, 1.165) is 44.1 Å². The van der Waals surface area contributed by atoms with Crippen molar-refractivity contribution in [2.45, 2.75) is 125 Å². The molecular formula is C30H46O4. The Bertz CT molecular complexity index is 924. The predicted octanol–water partition coefficient (Wildman–Crippen LogP) is 6.65. The minimum Gasteiger partial charge on any atom is -0.364 e. The molecule has 0 N–H and O–H groups in total. The highest BCUT2D eigenvalue weighted by atomic mass is 16.5. The van der Waals surface area contributed by atoms with Gasteiger partial charge in [0.05, 0.1) is 6.10 Å². The third-order valence-corrected chi connectivity index (χ3v) is 11.0. The summed E-state index contributed by atoms with van der Waals surface area (Å²) >= 11 is 0. The molecule has 34 heavy (non-hydrogen) atoms. The molecular weight excluding hydrogens is 424 g/mol. The number of fused-ring (bicyclic) bond motifs is 2. The van der Waals surface area contributed by atoms with Gasteiger partial charge in [0, 0.05) is 24.7 Å².